The first-order valence-corrected chi connectivity index (χ1v) is 8.37. The monoisotopic (exact) mass is 246 g/mol. The van der Waals surface area contributed by atoms with Gasteiger partial charge >= 0.3 is 0 Å². The van der Waals surface area contributed by atoms with Crippen LogP contribution in [0.2, 0.25) is 18.6 Å². The van der Waals surface area contributed by atoms with Gasteiger partial charge in [-0.25, -0.2) is 0 Å². The maximum atomic E-state index is 3.82. The number of alkyl halides is 1. The summed E-state index contributed by atoms with van der Waals surface area (Å²) in [4.78, 5) is 0. The quantitative estimate of drug-likeness (QED) is 0.376. The van der Waals surface area contributed by atoms with Crippen LogP contribution in [0.3, 0.4) is 0 Å². The standard InChI is InChI=1S/C10H19BrSi/c1-5-8-12(4,9-6-2)10(11)7-3/h5-6,10H,1-2,7-9H2,3-4H3. The molecule has 0 radical (unpaired) electrons. The summed E-state index contributed by atoms with van der Waals surface area (Å²) < 4.78 is 0.695. The van der Waals surface area contributed by atoms with Crippen LogP contribution < -0.4 is 0 Å². The van der Waals surface area contributed by atoms with E-state index in [-0.39, 0.29) is 0 Å². The van der Waals surface area contributed by atoms with Crippen molar-refractivity contribution in [1.29, 1.82) is 0 Å². The highest BCUT2D eigenvalue weighted by molar-refractivity contribution is 9.10. The number of halogens is 1. The molecule has 0 amide bonds. The lowest BCUT2D eigenvalue weighted by Gasteiger charge is -2.29. The third-order valence-electron chi connectivity index (χ3n) is 2.34. The molecule has 0 fully saturated rings. The topological polar surface area (TPSA) is 0 Å². The summed E-state index contributed by atoms with van der Waals surface area (Å²) in [5.41, 5.74) is 0. The van der Waals surface area contributed by atoms with Gasteiger partial charge in [-0.1, -0.05) is 41.6 Å². The van der Waals surface area contributed by atoms with Crippen LogP contribution in [0.15, 0.2) is 25.3 Å². The number of rotatable bonds is 6. The summed E-state index contributed by atoms with van der Waals surface area (Å²) in [6.07, 6.45) is 5.32. The van der Waals surface area contributed by atoms with Gasteiger partial charge in [0.15, 0.2) is 0 Å². The van der Waals surface area contributed by atoms with Gasteiger partial charge in [0, 0.05) is 4.45 Å². The zero-order valence-corrected chi connectivity index (χ0v) is 10.7. The first-order valence-electron chi connectivity index (χ1n) is 4.46. The zero-order valence-electron chi connectivity index (χ0n) is 8.15. The van der Waals surface area contributed by atoms with Crippen LogP contribution in [0.4, 0.5) is 0 Å². The second-order valence-electron chi connectivity index (χ2n) is 3.52. The highest BCUT2D eigenvalue weighted by Crippen LogP contribution is 2.28. The molecule has 0 N–H and O–H groups in total. The average Bonchev–Trinajstić information content (AvgIpc) is 2.04. The summed E-state index contributed by atoms with van der Waals surface area (Å²) in [5.74, 6) is 0. The van der Waals surface area contributed by atoms with Crippen molar-refractivity contribution in [3.05, 3.63) is 25.3 Å². The van der Waals surface area contributed by atoms with Crippen molar-refractivity contribution in [3.8, 4) is 0 Å². The second kappa shape index (κ2) is 5.76. The highest BCUT2D eigenvalue weighted by atomic mass is 79.9. The molecule has 0 nitrogen and oxygen atoms in total. The number of hydrogen-bond acceptors (Lipinski definition) is 0. The molecule has 70 valence electrons. The minimum Gasteiger partial charge on any atom is -0.103 e. The van der Waals surface area contributed by atoms with Crippen molar-refractivity contribution in [2.45, 2.75) is 36.4 Å². The Labute approximate surface area is 85.9 Å². The lowest BCUT2D eigenvalue weighted by Crippen LogP contribution is -2.39. The molecular formula is C10H19BrSi. The van der Waals surface area contributed by atoms with Gasteiger partial charge in [0.2, 0.25) is 0 Å². The van der Waals surface area contributed by atoms with Gasteiger partial charge in [-0.2, -0.15) is 0 Å². The van der Waals surface area contributed by atoms with Crippen molar-refractivity contribution >= 4 is 24.0 Å². The summed E-state index contributed by atoms with van der Waals surface area (Å²) >= 11 is 3.77. The van der Waals surface area contributed by atoms with E-state index >= 15 is 0 Å². The van der Waals surface area contributed by atoms with Crippen LogP contribution in [-0.4, -0.2) is 12.5 Å². The normalized spacial score (nSPS) is 13.9. The molecule has 1 atom stereocenters. The molecule has 2 heteroatoms. The van der Waals surface area contributed by atoms with Gasteiger partial charge in [0.05, 0.1) is 8.07 Å². The predicted molar refractivity (Wildman–Crippen MR) is 64.6 cm³/mol. The van der Waals surface area contributed by atoms with Crippen molar-refractivity contribution in [1.82, 2.24) is 0 Å². The molecule has 1 unspecified atom stereocenters. The fourth-order valence-electron chi connectivity index (χ4n) is 1.49. The molecule has 0 aliphatic rings. The lowest BCUT2D eigenvalue weighted by molar-refractivity contribution is 1.01. The van der Waals surface area contributed by atoms with Gasteiger partial charge in [0.1, 0.15) is 0 Å². The highest BCUT2D eigenvalue weighted by Gasteiger charge is 2.30. The second-order valence-corrected chi connectivity index (χ2v) is 10.3. The van der Waals surface area contributed by atoms with E-state index in [1.807, 2.05) is 0 Å². The SMILES string of the molecule is C=CC[Si](C)(CC=C)C(Br)CC. The van der Waals surface area contributed by atoms with E-state index in [4.69, 9.17) is 0 Å². The maximum absolute atomic E-state index is 3.82. The molecule has 0 spiro atoms. The fourth-order valence-corrected chi connectivity index (χ4v) is 5.60. The minimum absolute atomic E-state index is 0.695. The van der Waals surface area contributed by atoms with E-state index in [9.17, 15) is 0 Å². The third-order valence-corrected chi connectivity index (χ3v) is 10.7. The Morgan fingerprint density at radius 3 is 2.00 bits per heavy atom. The lowest BCUT2D eigenvalue weighted by atomic mass is 10.6. The van der Waals surface area contributed by atoms with E-state index < -0.39 is 8.07 Å². The minimum atomic E-state index is -1.17. The van der Waals surface area contributed by atoms with Gasteiger partial charge in [-0.15, -0.1) is 13.2 Å². The van der Waals surface area contributed by atoms with Gasteiger partial charge in [-0.3, -0.25) is 0 Å². The molecule has 0 aromatic carbocycles. The van der Waals surface area contributed by atoms with Crippen LogP contribution in [0.5, 0.6) is 0 Å². The van der Waals surface area contributed by atoms with Gasteiger partial charge in [0.25, 0.3) is 0 Å². The van der Waals surface area contributed by atoms with Crippen molar-refractivity contribution in [2.24, 2.45) is 0 Å². The van der Waals surface area contributed by atoms with E-state index in [0.717, 1.165) is 0 Å². The van der Waals surface area contributed by atoms with Gasteiger partial charge < -0.3 is 0 Å². The number of hydrogen-bond donors (Lipinski definition) is 0. The van der Waals surface area contributed by atoms with Crippen LogP contribution in [0.1, 0.15) is 13.3 Å². The first-order chi connectivity index (χ1) is 5.60. The van der Waals surface area contributed by atoms with E-state index in [1.165, 1.54) is 18.5 Å². The largest absolute Gasteiger partial charge is 0.103 e. The summed E-state index contributed by atoms with van der Waals surface area (Å²) in [7, 11) is -1.17. The van der Waals surface area contributed by atoms with Gasteiger partial charge in [-0.05, 0) is 18.5 Å². The molecular weight excluding hydrogens is 228 g/mol. The average molecular weight is 247 g/mol. The third kappa shape index (κ3) is 3.28. The summed E-state index contributed by atoms with van der Waals surface area (Å²) in [6, 6.07) is 2.37. The molecule has 12 heavy (non-hydrogen) atoms. The van der Waals surface area contributed by atoms with Crippen LogP contribution in [-0.2, 0) is 0 Å². The molecule has 0 saturated heterocycles. The Morgan fingerprint density at radius 1 is 1.33 bits per heavy atom. The number of allylic oxidation sites excluding steroid dienone is 2. The fraction of sp³-hybridized carbons (Fsp3) is 0.600. The Bertz CT molecular complexity index is 144. The van der Waals surface area contributed by atoms with E-state index in [2.05, 4.69) is 54.7 Å². The Balaban J connectivity index is 4.34. The molecule has 0 aromatic heterocycles. The van der Waals surface area contributed by atoms with E-state index in [1.54, 1.807) is 0 Å². The molecule has 0 saturated carbocycles. The predicted octanol–water partition coefficient (Wildman–Crippen LogP) is 4.15. The van der Waals surface area contributed by atoms with E-state index in [0.29, 0.717) is 4.45 Å². The van der Waals surface area contributed by atoms with Crippen molar-refractivity contribution in [2.75, 3.05) is 0 Å². The maximum Gasteiger partial charge on any atom is 0.0729 e. The Morgan fingerprint density at radius 2 is 1.75 bits per heavy atom. The summed E-state index contributed by atoms with van der Waals surface area (Å²) in [6.45, 7) is 12.3. The smallest absolute Gasteiger partial charge is 0.0729 e. The molecule has 0 bridgehead atoms. The van der Waals surface area contributed by atoms with Crippen LogP contribution in [0, 0.1) is 0 Å². The molecule has 0 aliphatic heterocycles. The summed E-state index contributed by atoms with van der Waals surface area (Å²) in [5, 5.41) is 0. The molecule has 0 rings (SSSR count). The van der Waals surface area contributed by atoms with Crippen LogP contribution >= 0.6 is 15.9 Å². The van der Waals surface area contributed by atoms with Crippen LogP contribution in [0.25, 0.3) is 0 Å². The molecule has 0 heterocycles. The first kappa shape index (κ1) is 12.2. The van der Waals surface area contributed by atoms with Crippen molar-refractivity contribution < 1.29 is 0 Å². The molecule has 0 aliphatic carbocycles. The van der Waals surface area contributed by atoms with Crippen molar-refractivity contribution in [3.63, 3.8) is 0 Å². The molecule has 0 aromatic rings. The zero-order chi connectivity index (χ0) is 9.61. The Hall–Kier alpha value is 0.177. The Kier molecular flexibility index (Phi) is 5.84.